The van der Waals surface area contributed by atoms with E-state index < -0.39 is 0 Å². The Bertz CT molecular complexity index is 485. The predicted molar refractivity (Wildman–Crippen MR) is 65.5 cm³/mol. The summed E-state index contributed by atoms with van der Waals surface area (Å²) in [6, 6.07) is 7.65. The van der Waals surface area contributed by atoms with Crippen molar-refractivity contribution in [3.63, 3.8) is 0 Å². The molecule has 0 bridgehead atoms. The number of hydrogen-bond acceptors (Lipinski definition) is 3. The summed E-state index contributed by atoms with van der Waals surface area (Å²) in [5, 5.41) is 3.74. The molecule has 82 valence electrons. The number of pyridine rings is 2. The number of aryl methyl sites for hydroxylation is 1. The van der Waals surface area contributed by atoms with Gasteiger partial charge >= 0.3 is 0 Å². The molecular formula is C12H12ClN3. The van der Waals surface area contributed by atoms with Crippen molar-refractivity contribution in [2.45, 2.75) is 13.5 Å². The molecule has 0 aromatic carbocycles. The van der Waals surface area contributed by atoms with E-state index in [1.54, 1.807) is 18.5 Å². The fourth-order valence-corrected chi connectivity index (χ4v) is 1.58. The van der Waals surface area contributed by atoms with Gasteiger partial charge in [-0.15, -0.1) is 0 Å². The van der Waals surface area contributed by atoms with Crippen LogP contribution in [0.5, 0.6) is 0 Å². The van der Waals surface area contributed by atoms with Crippen LogP contribution in [0.2, 0.25) is 5.15 Å². The summed E-state index contributed by atoms with van der Waals surface area (Å²) in [7, 11) is 0. The van der Waals surface area contributed by atoms with E-state index in [1.165, 1.54) is 5.56 Å². The summed E-state index contributed by atoms with van der Waals surface area (Å²) in [4.78, 5) is 8.23. The molecule has 0 aliphatic carbocycles. The molecule has 0 saturated carbocycles. The number of halogens is 1. The van der Waals surface area contributed by atoms with Gasteiger partial charge in [-0.3, -0.25) is 4.98 Å². The first-order chi connectivity index (χ1) is 7.75. The van der Waals surface area contributed by atoms with Crippen molar-refractivity contribution in [2.24, 2.45) is 0 Å². The molecule has 0 saturated heterocycles. The van der Waals surface area contributed by atoms with E-state index in [4.69, 9.17) is 11.6 Å². The second-order valence-electron chi connectivity index (χ2n) is 3.49. The average molecular weight is 234 g/mol. The quantitative estimate of drug-likeness (QED) is 0.828. The predicted octanol–water partition coefficient (Wildman–Crippen LogP) is 3.05. The van der Waals surface area contributed by atoms with Gasteiger partial charge in [0.25, 0.3) is 0 Å². The molecule has 16 heavy (non-hydrogen) atoms. The third-order valence-electron chi connectivity index (χ3n) is 2.30. The average Bonchev–Trinajstić information content (AvgIpc) is 2.28. The second-order valence-corrected chi connectivity index (χ2v) is 3.88. The lowest BCUT2D eigenvalue weighted by molar-refractivity contribution is 1.02. The van der Waals surface area contributed by atoms with Crippen molar-refractivity contribution in [1.82, 2.24) is 9.97 Å². The van der Waals surface area contributed by atoms with Gasteiger partial charge in [-0.05, 0) is 30.7 Å². The molecular weight excluding hydrogens is 222 g/mol. The SMILES string of the molecule is Cc1cccnc1CNc1ccnc(Cl)c1. The molecule has 0 aliphatic rings. The summed E-state index contributed by atoms with van der Waals surface area (Å²) in [5.41, 5.74) is 3.16. The molecule has 0 atom stereocenters. The Labute approximate surface area is 99.5 Å². The van der Waals surface area contributed by atoms with Crippen LogP contribution in [0.25, 0.3) is 0 Å². The topological polar surface area (TPSA) is 37.8 Å². The Morgan fingerprint density at radius 3 is 2.88 bits per heavy atom. The maximum atomic E-state index is 5.79. The van der Waals surface area contributed by atoms with Crippen LogP contribution in [0, 0.1) is 6.92 Å². The lowest BCUT2D eigenvalue weighted by Gasteiger charge is -2.07. The van der Waals surface area contributed by atoms with E-state index in [0.717, 1.165) is 11.4 Å². The van der Waals surface area contributed by atoms with E-state index in [9.17, 15) is 0 Å². The van der Waals surface area contributed by atoms with Gasteiger partial charge < -0.3 is 5.32 Å². The number of hydrogen-bond donors (Lipinski definition) is 1. The minimum atomic E-state index is 0.489. The molecule has 0 amide bonds. The normalized spacial score (nSPS) is 10.1. The van der Waals surface area contributed by atoms with Crippen LogP contribution >= 0.6 is 11.6 Å². The van der Waals surface area contributed by atoms with Gasteiger partial charge in [0, 0.05) is 18.1 Å². The Hall–Kier alpha value is -1.61. The zero-order valence-electron chi connectivity index (χ0n) is 8.94. The standard InChI is InChI=1S/C12H12ClN3/c1-9-3-2-5-14-11(9)8-16-10-4-6-15-12(13)7-10/h2-7H,8H2,1H3,(H,15,16). The summed E-state index contributed by atoms with van der Waals surface area (Å²) in [5.74, 6) is 0. The first-order valence-corrected chi connectivity index (χ1v) is 5.39. The van der Waals surface area contributed by atoms with Gasteiger partial charge in [-0.2, -0.15) is 0 Å². The highest BCUT2D eigenvalue weighted by Gasteiger charge is 1.99. The van der Waals surface area contributed by atoms with Gasteiger partial charge in [0.1, 0.15) is 5.15 Å². The van der Waals surface area contributed by atoms with Crippen LogP contribution in [0.15, 0.2) is 36.7 Å². The highest BCUT2D eigenvalue weighted by Crippen LogP contribution is 2.13. The van der Waals surface area contributed by atoms with E-state index in [0.29, 0.717) is 11.7 Å². The van der Waals surface area contributed by atoms with Gasteiger partial charge in [0.15, 0.2) is 0 Å². The van der Waals surface area contributed by atoms with Crippen molar-refractivity contribution in [2.75, 3.05) is 5.32 Å². The minimum absolute atomic E-state index is 0.489. The van der Waals surface area contributed by atoms with Crippen molar-refractivity contribution in [1.29, 1.82) is 0 Å². The number of anilines is 1. The summed E-state index contributed by atoms with van der Waals surface area (Å²) >= 11 is 5.79. The van der Waals surface area contributed by atoms with Crippen LogP contribution < -0.4 is 5.32 Å². The van der Waals surface area contributed by atoms with Crippen molar-refractivity contribution >= 4 is 17.3 Å². The fourth-order valence-electron chi connectivity index (χ4n) is 1.40. The molecule has 0 fully saturated rings. The molecule has 3 nitrogen and oxygen atoms in total. The highest BCUT2D eigenvalue weighted by atomic mass is 35.5. The molecule has 4 heteroatoms. The van der Waals surface area contributed by atoms with Crippen LogP contribution in [-0.4, -0.2) is 9.97 Å². The zero-order valence-corrected chi connectivity index (χ0v) is 9.70. The lowest BCUT2D eigenvalue weighted by atomic mass is 10.2. The molecule has 2 heterocycles. The molecule has 1 N–H and O–H groups in total. The Morgan fingerprint density at radius 1 is 1.25 bits per heavy atom. The summed E-state index contributed by atoms with van der Waals surface area (Å²) < 4.78 is 0. The second kappa shape index (κ2) is 4.94. The zero-order chi connectivity index (χ0) is 11.4. The Morgan fingerprint density at radius 2 is 2.12 bits per heavy atom. The van der Waals surface area contributed by atoms with E-state index >= 15 is 0 Å². The summed E-state index contributed by atoms with van der Waals surface area (Å²) in [6.45, 7) is 2.73. The minimum Gasteiger partial charge on any atom is -0.379 e. The third kappa shape index (κ3) is 2.70. The van der Waals surface area contributed by atoms with Crippen LogP contribution in [0.1, 0.15) is 11.3 Å². The van der Waals surface area contributed by atoms with Crippen LogP contribution in [0.3, 0.4) is 0 Å². The molecule has 0 radical (unpaired) electrons. The Kier molecular flexibility index (Phi) is 3.37. The van der Waals surface area contributed by atoms with Crippen LogP contribution in [0.4, 0.5) is 5.69 Å². The van der Waals surface area contributed by atoms with Gasteiger partial charge in [0.05, 0.1) is 12.2 Å². The highest BCUT2D eigenvalue weighted by molar-refractivity contribution is 6.29. The van der Waals surface area contributed by atoms with E-state index in [1.807, 2.05) is 25.1 Å². The van der Waals surface area contributed by atoms with Gasteiger partial charge in [0.2, 0.25) is 0 Å². The Balaban J connectivity index is 2.05. The number of rotatable bonds is 3. The smallest absolute Gasteiger partial charge is 0.131 e. The maximum absolute atomic E-state index is 5.79. The molecule has 2 aromatic rings. The number of aromatic nitrogens is 2. The van der Waals surface area contributed by atoms with E-state index in [2.05, 4.69) is 15.3 Å². The fraction of sp³-hybridized carbons (Fsp3) is 0.167. The number of nitrogens with zero attached hydrogens (tertiary/aromatic N) is 2. The third-order valence-corrected chi connectivity index (χ3v) is 2.51. The molecule has 0 unspecified atom stereocenters. The van der Waals surface area contributed by atoms with Gasteiger partial charge in [-0.1, -0.05) is 17.7 Å². The summed E-state index contributed by atoms with van der Waals surface area (Å²) in [6.07, 6.45) is 3.47. The van der Waals surface area contributed by atoms with Crippen LogP contribution in [-0.2, 0) is 6.54 Å². The monoisotopic (exact) mass is 233 g/mol. The lowest BCUT2D eigenvalue weighted by Crippen LogP contribution is -2.03. The molecule has 2 rings (SSSR count). The molecule has 2 aromatic heterocycles. The van der Waals surface area contributed by atoms with E-state index in [-0.39, 0.29) is 0 Å². The number of nitrogens with one attached hydrogen (secondary N) is 1. The van der Waals surface area contributed by atoms with Crippen molar-refractivity contribution in [3.05, 3.63) is 53.1 Å². The first kappa shape index (κ1) is 10.9. The first-order valence-electron chi connectivity index (χ1n) is 5.01. The van der Waals surface area contributed by atoms with Crippen molar-refractivity contribution < 1.29 is 0 Å². The maximum Gasteiger partial charge on any atom is 0.131 e. The van der Waals surface area contributed by atoms with Crippen molar-refractivity contribution in [3.8, 4) is 0 Å². The molecule has 0 spiro atoms. The molecule has 0 aliphatic heterocycles. The largest absolute Gasteiger partial charge is 0.379 e. The van der Waals surface area contributed by atoms with Gasteiger partial charge in [-0.25, -0.2) is 4.98 Å².